The molecule has 2 amide bonds. The number of aryl methyl sites for hydroxylation is 1. The molecule has 5 rings (SSSR count). The van der Waals surface area contributed by atoms with Gasteiger partial charge in [-0.3, -0.25) is 9.59 Å². The first-order valence-corrected chi connectivity index (χ1v) is 13.0. The van der Waals surface area contributed by atoms with Crippen molar-refractivity contribution in [2.24, 2.45) is 0 Å². The SMILES string of the molecule is Cc1ccccc1-n1c(-c2ccc(Cl)cc2)cc(C(=O)N2CCN(C(=O)Cc3ccccc3)CC2)c1C. The zero-order valence-corrected chi connectivity index (χ0v) is 21.9. The van der Waals surface area contributed by atoms with Gasteiger partial charge >= 0.3 is 0 Å². The van der Waals surface area contributed by atoms with Crippen molar-refractivity contribution in [3.05, 3.63) is 112 Å². The highest BCUT2D eigenvalue weighted by Gasteiger charge is 2.28. The van der Waals surface area contributed by atoms with Gasteiger partial charge in [-0.25, -0.2) is 0 Å². The molecular weight excluding hydrogens is 482 g/mol. The molecule has 1 aliphatic heterocycles. The fraction of sp³-hybridized carbons (Fsp3) is 0.226. The number of carbonyl (C=O) groups is 2. The van der Waals surface area contributed by atoms with E-state index in [4.69, 9.17) is 11.6 Å². The van der Waals surface area contributed by atoms with E-state index >= 15 is 0 Å². The fourth-order valence-electron chi connectivity index (χ4n) is 4.99. The van der Waals surface area contributed by atoms with Crippen LogP contribution in [-0.4, -0.2) is 52.4 Å². The maximum atomic E-state index is 13.7. The van der Waals surface area contributed by atoms with Crippen molar-refractivity contribution in [1.82, 2.24) is 14.4 Å². The standard InChI is InChI=1S/C31H30ClN3O2/c1-22-8-6-7-11-28(22)35-23(2)27(21-29(35)25-12-14-26(32)15-13-25)31(37)34-18-16-33(17-19-34)30(36)20-24-9-4-3-5-10-24/h3-15,21H,16-20H2,1-2H3. The molecule has 0 aliphatic carbocycles. The summed E-state index contributed by atoms with van der Waals surface area (Å²) in [4.78, 5) is 30.3. The Morgan fingerprint density at radius 2 is 1.41 bits per heavy atom. The molecule has 0 radical (unpaired) electrons. The van der Waals surface area contributed by atoms with Crippen LogP contribution in [0.15, 0.2) is 84.9 Å². The summed E-state index contributed by atoms with van der Waals surface area (Å²) < 4.78 is 2.16. The molecule has 0 atom stereocenters. The van der Waals surface area contributed by atoms with Crippen LogP contribution in [0.2, 0.25) is 5.02 Å². The molecule has 0 N–H and O–H groups in total. The first kappa shape index (κ1) is 24.8. The van der Waals surface area contributed by atoms with Crippen LogP contribution in [0.4, 0.5) is 0 Å². The van der Waals surface area contributed by atoms with Gasteiger partial charge in [-0.2, -0.15) is 0 Å². The van der Waals surface area contributed by atoms with Gasteiger partial charge < -0.3 is 14.4 Å². The van der Waals surface area contributed by atoms with Crippen LogP contribution < -0.4 is 0 Å². The highest BCUT2D eigenvalue weighted by atomic mass is 35.5. The van der Waals surface area contributed by atoms with Crippen molar-refractivity contribution < 1.29 is 9.59 Å². The van der Waals surface area contributed by atoms with Crippen molar-refractivity contribution in [3.63, 3.8) is 0 Å². The van der Waals surface area contributed by atoms with E-state index in [0.717, 1.165) is 33.8 Å². The Balaban J connectivity index is 1.39. The van der Waals surface area contributed by atoms with Crippen molar-refractivity contribution >= 4 is 23.4 Å². The van der Waals surface area contributed by atoms with Gasteiger partial charge in [0, 0.05) is 42.6 Å². The van der Waals surface area contributed by atoms with E-state index in [9.17, 15) is 9.59 Å². The molecule has 0 saturated carbocycles. The zero-order chi connectivity index (χ0) is 25.9. The van der Waals surface area contributed by atoms with Crippen molar-refractivity contribution in [2.45, 2.75) is 20.3 Å². The Kier molecular flexibility index (Phi) is 7.15. The Morgan fingerprint density at radius 3 is 2.08 bits per heavy atom. The molecule has 1 saturated heterocycles. The Morgan fingerprint density at radius 1 is 0.784 bits per heavy atom. The summed E-state index contributed by atoms with van der Waals surface area (Å²) in [6, 6.07) is 27.7. The summed E-state index contributed by atoms with van der Waals surface area (Å²) in [5, 5.41) is 0.672. The normalized spacial score (nSPS) is 13.6. The minimum Gasteiger partial charge on any atom is -0.339 e. The molecule has 5 nitrogen and oxygen atoms in total. The van der Waals surface area contributed by atoms with Gasteiger partial charge in [-0.1, -0.05) is 72.3 Å². The Bertz CT molecular complexity index is 1420. The summed E-state index contributed by atoms with van der Waals surface area (Å²) >= 11 is 6.15. The number of hydrogen-bond acceptors (Lipinski definition) is 2. The van der Waals surface area contributed by atoms with E-state index in [0.29, 0.717) is 43.2 Å². The lowest BCUT2D eigenvalue weighted by atomic mass is 10.1. The third-order valence-corrected chi connectivity index (χ3v) is 7.34. The number of carbonyl (C=O) groups excluding carboxylic acids is 2. The zero-order valence-electron chi connectivity index (χ0n) is 21.2. The maximum Gasteiger partial charge on any atom is 0.255 e. The number of piperazine rings is 1. The highest BCUT2D eigenvalue weighted by Crippen LogP contribution is 2.32. The van der Waals surface area contributed by atoms with Gasteiger partial charge in [0.15, 0.2) is 0 Å². The van der Waals surface area contributed by atoms with Gasteiger partial charge in [0.2, 0.25) is 5.91 Å². The number of halogens is 1. The predicted molar refractivity (Wildman–Crippen MR) is 148 cm³/mol. The van der Waals surface area contributed by atoms with Gasteiger partial charge in [0.25, 0.3) is 5.91 Å². The molecule has 188 valence electrons. The number of benzene rings is 3. The van der Waals surface area contributed by atoms with Crippen LogP contribution in [0.3, 0.4) is 0 Å². The van der Waals surface area contributed by atoms with E-state index in [1.165, 1.54) is 0 Å². The fourth-order valence-corrected chi connectivity index (χ4v) is 5.12. The van der Waals surface area contributed by atoms with E-state index in [1.54, 1.807) is 0 Å². The van der Waals surface area contributed by atoms with Crippen LogP contribution in [-0.2, 0) is 11.2 Å². The molecule has 2 heterocycles. The average molecular weight is 512 g/mol. The molecule has 3 aromatic carbocycles. The van der Waals surface area contributed by atoms with Crippen molar-refractivity contribution in [2.75, 3.05) is 26.2 Å². The lowest BCUT2D eigenvalue weighted by Gasteiger charge is -2.35. The van der Waals surface area contributed by atoms with Crippen molar-refractivity contribution in [3.8, 4) is 16.9 Å². The van der Waals surface area contributed by atoms with Crippen LogP contribution >= 0.6 is 11.6 Å². The predicted octanol–water partition coefficient (Wildman–Crippen LogP) is 5.94. The summed E-state index contributed by atoms with van der Waals surface area (Å²) in [6.45, 7) is 6.19. The molecule has 0 spiro atoms. The number of amides is 2. The quantitative estimate of drug-likeness (QED) is 0.333. The third-order valence-electron chi connectivity index (χ3n) is 7.09. The lowest BCUT2D eigenvalue weighted by molar-refractivity contribution is -0.131. The number of para-hydroxylation sites is 1. The van der Waals surface area contributed by atoms with Crippen LogP contribution in [0.25, 0.3) is 16.9 Å². The lowest BCUT2D eigenvalue weighted by Crippen LogP contribution is -2.51. The number of nitrogens with zero attached hydrogens (tertiary/aromatic N) is 3. The van der Waals surface area contributed by atoms with E-state index in [-0.39, 0.29) is 11.8 Å². The second-order valence-electron chi connectivity index (χ2n) is 9.49. The number of hydrogen-bond donors (Lipinski definition) is 0. The van der Waals surface area contributed by atoms with E-state index < -0.39 is 0 Å². The molecule has 6 heteroatoms. The second kappa shape index (κ2) is 10.7. The molecule has 37 heavy (non-hydrogen) atoms. The first-order valence-electron chi connectivity index (χ1n) is 12.6. The summed E-state index contributed by atoms with van der Waals surface area (Å²) in [6.07, 6.45) is 0.387. The molecule has 1 fully saturated rings. The second-order valence-corrected chi connectivity index (χ2v) is 9.93. The van der Waals surface area contributed by atoms with Gasteiger partial charge in [-0.15, -0.1) is 0 Å². The first-order chi connectivity index (χ1) is 17.9. The van der Waals surface area contributed by atoms with Crippen LogP contribution in [0, 0.1) is 13.8 Å². The van der Waals surface area contributed by atoms with Gasteiger partial charge in [0.1, 0.15) is 0 Å². The Hall–Kier alpha value is -3.83. The third kappa shape index (κ3) is 5.18. The van der Waals surface area contributed by atoms with Crippen molar-refractivity contribution in [1.29, 1.82) is 0 Å². The molecule has 1 aliphatic rings. The number of rotatable bonds is 5. The smallest absolute Gasteiger partial charge is 0.255 e. The summed E-state index contributed by atoms with van der Waals surface area (Å²) in [5.41, 5.74) is 6.69. The number of aromatic nitrogens is 1. The molecular formula is C31H30ClN3O2. The van der Waals surface area contributed by atoms with Crippen LogP contribution in [0.1, 0.15) is 27.2 Å². The largest absolute Gasteiger partial charge is 0.339 e. The topological polar surface area (TPSA) is 45.6 Å². The molecule has 4 aromatic rings. The molecule has 0 unspecified atom stereocenters. The van der Waals surface area contributed by atoms with Crippen LogP contribution in [0.5, 0.6) is 0 Å². The summed E-state index contributed by atoms with van der Waals surface area (Å²) in [5.74, 6) is 0.0976. The Labute approximate surface area is 222 Å². The van der Waals surface area contributed by atoms with Gasteiger partial charge in [0.05, 0.1) is 17.7 Å². The average Bonchev–Trinajstić information content (AvgIpc) is 3.26. The summed E-state index contributed by atoms with van der Waals surface area (Å²) in [7, 11) is 0. The van der Waals surface area contributed by atoms with E-state index in [1.807, 2.05) is 89.5 Å². The monoisotopic (exact) mass is 511 g/mol. The molecule has 1 aromatic heterocycles. The maximum absolute atomic E-state index is 13.7. The molecule has 0 bridgehead atoms. The van der Waals surface area contributed by atoms with Gasteiger partial charge in [-0.05, 0) is 54.8 Å². The minimum absolute atomic E-state index is 0.00444. The highest BCUT2D eigenvalue weighted by molar-refractivity contribution is 6.30. The van der Waals surface area contributed by atoms with E-state index in [2.05, 4.69) is 23.6 Å². The minimum atomic E-state index is -0.00444.